The lowest BCUT2D eigenvalue weighted by Crippen LogP contribution is -2.48. The van der Waals surface area contributed by atoms with E-state index in [1.54, 1.807) is 24.0 Å². The fourth-order valence-electron chi connectivity index (χ4n) is 4.25. The summed E-state index contributed by atoms with van der Waals surface area (Å²) in [5.74, 6) is 0.419. The van der Waals surface area contributed by atoms with Crippen LogP contribution in [0.2, 0.25) is 0 Å². The molecule has 154 valence electrons. The lowest BCUT2D eigenvalue weighted by atomic mass is 10.0. The summed E-state index contributed by atoms with van der Waals surface area (Å²) in [6, 6.07) is 4.28. The summed E-state index contributed by atoms with van der Waals surface area (Å²) in [5, 5.41) is 4.10. The predicted molar refractivity (Wildman–Crippen MR) is 110 cm³/mol. The van der Waals surface area contributed by atoms with Gasteiger partial charge in [0.25, 0.3) is 5.91 Å². The number of rotatable bonds is 3. The number of hydrogen-bond donors (Lipinski definition) is 0. The first-order valence-electron chi connectivity index (χ1n) is 10.2. The number of aryl methyl sites for hydroxylation is 2. The van der Waals surface area contributed by atoms with E-state index in [0.717, 1.165) is 56.2 Å². The second-order valence-electron chi connectivity index (χ2n) is 8.02. The molecule has 8 nitrogen and oxygen atoms in total. The summed E-state index contributed by atoms with van der Waals surface area (Å²) >= 11 is 0. The van der Waals surface area contributed by atoms with Crippen molar-refractivity contribution in [1.29, 1.82) is 0 Å². The molecule has 0 saturated carbocycles. The van der Waals surface area contributed by atoms with Crippen LogP contribution < -0.4 is 4.90 Å². The lowest BCUT2D eigenvalue weighted by molar-refractivity contribution is -0.129. The third-order valence-corrected chi connectivity index (χ3v) is 5.89. The molecule has 4 heterocycles. The number of amides is 2. The fourth-order valence-corrected chi connectivity index (χ4v) is 4.25. The van der Waals surface area contributed by atoms with E-state index in [2.05, 4.69) is 22.1 Å². The normalized spacial score (nSPS) is 19.7. The SMILES string of the molecule is CC(=O)N1CCN(c2cc(C)nc([C@@H]3CCN(C(=O)c4cnn(C)c4)C3)c2)CC1. The minimum Gasteiger partial charge on any atom is -0.368 e. The second-order valence-corrected chi connectivity index (χ2v) is 8.02. The van der Waals surface area contributed by atoms with E-state index in [1.807, 2.05) is 23.8 Å². The van der Waals surface area contributed by atoms with Crippen molar-refractivity contribution in [3.63, 3.8) is 0 Å². The molecular formula is C21H28N6O2. The van der Waals surface area contributed by atoms with Gasteiger partial charge in [-0.15, -0.1) is 0 Å². The summed E-state index contributed by atoms with van der Waals surface area (Å²) < 4.78 is 1.65. The van der Waals surface area contributed by atoms with Crippen LogP contribution in [-0.2, 0) is 11.8 Å². The van der Waals surface area contributed by atoms with Crippen LogP contribution in [0.15, 0.2) is 24.5 Å². The van der Waals surface area contributed by atoms with E-state index in [9.17, 15) is 9.59 Å². The molecule has 0 unspecified atom stereocenters. The Morgan fingerprint density at radius 3 is 2.48 bits per heavy atom. The van der Waals surface area contributed by atoms with E-state index in [1.165, 1.54) is 0 Å². The van der Waals surface area contributed by atoms with Crippen molar-refractivity contribution in [2.45, 2.75) is 26.2 Å². The molecule has 0 bridgehead atoms. The maximum Gasteiger partial charge on any atom is 0.257 e. The Morgan fingerprint density at radius 1 is 1.07 bits per heavy atom. The van der Waals surface area contributed by atoms with Gasteiger partial charge >= 0.3 is 0 Å². The van der Waals surface area contributed by atoms with Gasteiger partial charge in [0.2, 0.25) is 5.91 Å². The molecule has 2 aromatic heterocycles. The number of likely N-dealkylation sites (tertiary alicyclic amines) is 1. The van der Waals surface area contributed by atoms with Gasteiger partial charge in [-0.05, 0) is 25.5 Å². The number of carbonyl (C=O) groups is 2. The highest BCUT2D eigenvalue weighted by molar-refractivity contribution is 5.94. The first-order chi connectivity index (χ1) is 13.9. The fraction of sp³-hybridized carbons (Fsp3) is 0.524. The number of carbonyl (C=O) groups excluding carboxylic acids is 2. The minimum atomic E-state index is 0.0360. The molecule has 2 aliphatic rings. The summed E-state index contributed by atoms with van der Waals surface area (Å²) in [4.78, 5) is 35.2. The Kier molecular flexibility index (Phi) is 5.25. The van der Waals surface area contributed by atoms with Crippen molar-refractivity contribution in [3.05, 3.63) is 41.5 Å². The zero-order valence-electron chi connectivity index (χ0n) is 17.3. The summed E-state index contributed by atoms with van der Waals surface area (Å²) in [7, 11) is 1.82. The maximum absolute atomic E-state index is 12.7. The van der Waals surface area contributed by atoms with Crippen molar-refractivity contribution in [2.24, 2.45) is 7.05 Å². The van der Waals surface area contributed by atoms with Crippen LogP contribution in [0.25, 0.3) is 0 Å². The summed E-state index contributed by atoms with van der Waals surface area (Å²) in [6.07, 6.45) is 4.30. The minimum absolute atomic E-state index is 0.0360. The van der Waals surface area contributed by atoms with Crippen LogP contribution >= 0.6 is 0 Å². The molecule has 2 fully saturated rings. The van der Waals surface area contributed by atoms with Crippen LogP contribution in [-0.4, -0.2) is 75.6 Å². The van der Waals surface area contributed by atoms with Crippen LogP contribution in [0.4, 0.5) is 5.69 Å². The lowest BCUT2D eigenvalue weighted by Gasteiger charge is -2.36. The highest BCUT2D eigenvalue weighted by atomic mass is 16.2. The van der Waals surface area contributed by atoms with Gasteiger partial charge in [0, 0.05) is 82.4 Å². The number of nitrogens with zero attached hydrogens (tertiary/aromatic N) is 6. The second kappa shape index (κ2) is 7.85. The average molecular weight is 396 g/mol. The summed E-state index contributed by atoms with van der Waals surface area (Å²) in [6.45, 7) is 8.24. The van der Waals surface area contributed by atoms with E-state index in [0.29, 0.717) is 12.1 Å². The maximum atomic E-state index is 12.7. The molecule has 0 spiro atoms. The van der Waals surface area contributed by atoms with Gasteiger partial charge in [-0.3, -0.25) is 19.3 Å². The molecule has 29 heavy (non-hydrogen) atoms. The third kappa shape index (κ3) is 4.11. The molecule has 0 aromatic carbocycles. The van der Waals surface area contributed by atoms with Gasteiger partial charge in [-0.2, -0.15) is 5.10 Å². The molecular weight excluding hydrogens is 368 g/mol. The molecule has 2 aliphatic heterocycles. The Balaban J connectivity index is 1.45. The molecule has 0 radical (unpaired) electrons. The van der Waals surface area contributed by atoms with Crippen molar-refractivity contribution in [2.75, 3.05) is 44.2 Å². The smallest absolute Gasteiger partial charge is 0.257 e. The van der Waals surface area contributed by atoms with E-state index in [4.69, 9.17) is 4.98 Å². The van der Waals surface area contributed by atoms with Crippen molar-refractivity contribution >= 4 is 17.5 Å². The van der Waals surface area contributed by atoms with Gasteiger partial charge < -0.3 is 14.7 Å². The number of aromatic nitrogens is 3. The van der Waals surface area contributed by atoms with Gasteiger partial charge in [0.15, 0.2) is 0 Å². The zero-order chi connectivity index (χ0) is 20.5. The van der Waals surface area contributed by atoms with Gasteiger partial charge in [-0.1, -0.05) is 0 Å². The van der Waals surface area contributed by atoms with Crippen LogP contribution in [0, 0.1) is 6.92 Å². The van der Waals surface area contributed by atoms with E-state index < -0.39 is 0 Å². The standard InChI is InChI=1S/C21H28N6O2/c1-15-10-19(26-8-6-25(7-9-26)16(2)28)11-20(23-15)17-4-5-27(14-17)21(29)18-12-22-24(3)13-18/h10-13,17H,4-9,14H2,1-3H3/t17-/m1/s1. The topological polar surface area (TPSA) is 74.6 Å². The Bertz CT molecular complexity index is 916. The van der Waals surface area contributed by atoms with Crippen molar-refractivity contribution in [3.8, 4) is 0 Å². The molecule has 4 rings (SSSR count). The third-order valence-electron chi connectivity index (χ3n) is 5.89. The summed E-state index contributed by atoms with van der Waals surface area (Å²) in [5.41, 5.74) is 3.83. The zero-order valence-corrected chi connectivity index (χ0v) is 17.3. The van der Waals surface area contributed by atoms with Crippen LogP contribution in [0.3, 0.4) is 0 Å². The van der Waals surface area contributed by atoms with Gasteiger partial charge in [-0.25, -0.2) is 0 Å². The molecule has 8 heteroatoms. The average Bonchev–Trinajstić information content (AvgIpc) is 3.36. The Morgan fingerprint density at radius 2 is 1.83 bits per heavy atom. The molecule has 1 atom stereocenters. The van der Waals surface area contributed by atoms with Crippen molar-refractivity contribution in [1.82, 2.24) is 24.6 Å². The highest BCUT2D eigenvalue weighted by Gasteiger charge is 2.30. The Hall–Kier alpha value is -2.90. The number of pyridine rings is 1. The molecule has 0 N–H and O–H groups in total. The molecule has 2 aromatic rings. The predicted octanol–water partition coefficient (Wildman–Crippen LogP) is 1.42. The first kappa shape index (κ1) is 19.4. The number of piperazine rings is 1. The van der Waals surface area contributed by atoms with E-state index >= 15 is 0 Å². The van der Waals surface area contributed by atoms with Crippen molar-refractivity contribution < 1.29 is 9.59 Å². The van der Waals surface area contributed by atoms with Crippen LogP contribution in [0.5, 0.6) is 0 Å². The van der Waals surface area contributed by atoms with Gasteiger partial charge in [0.1, 0.15) is 0 Å². The van der Waals surface area contributed by atoms with Gasteiger partial charge in [0.05, 0.1) is 11.8 Å². The monoisotopic (exact) mass is 396 g/mol. The van der Waals surface area contributed by atoms with E-state index in [-0.39, 0.29) is 17.7 Å². The number of hydrogen-bond acceptors (Lipinski definition) is 5. The highest BCUT2D eigenvalue weighted by Crippen LogP contribution is 2.30. The quantitative estimate of drug-likeness (QED) is 0.785. The van der Waals surface area contributed by atoms with Crippen LogP contribution in [0.1, 0.15) is 41.0 Å². The molecule has 2 saturated heterocycles. The first-order valence-corrected chi connectivity index (χ1v) is 10.2. The molecule has 0 aliphatic carbocycles. The Labute approximate surface area is 171 Å². The number of anilines is 1. The molecule has 2 amide bonds. The largest absolute Gasteiger partial charge is 0.368 e.